The number of nitrogens with one attached hydrogen (secondary N) is 1. The van der Waals surface area contributed by atoms with Gasteiger partial charge >= 0.3 is 12.1 Å². The van der Waals surface area contributed by atoms with Crippen molar-refractivity contribution < 1.29 is 19.4 Å². The highest BCUT2D eigenvalue weighted by Gasteiger charge is 2.36. The van der Waals surface area contributed by atoms with Crippen LogP contribution in [-0.2, 0) is 22.4 Å². The van der Waals surface area contributed by atoms with E-state index in [1.807, 2.05) is 48.5 Å². The van der Waals surface area contributed by atoms with Crippen molar-refractivity contribution in [2.75, 3.05) is 0 Å². The van der Waals surface area contributed by atoms with Gasteiger partial charge in [-0.25, -0.2) is 9.59 Å². The van der Waals surface area contributed by atoms with Crippen LogP contribution < -0.4 is 5.32 Å². The lowest BCUT2D eigenvalue weighted by Crippen LogP contribution is -2.47. The smallest absolute Gasteiger partial charge is 0.408 e. The van der Waals surface area contributed by atoms with Crippen molar-refractivity contribution in [3.05, 3.63) is 70.8 Å². The number of aryl methyl sites for hydroxylation is 2. The molecule has 0 saturated heterocycles. The number of carbonyl (C=O) groups is 2. The Bertz CT molecular complexity index is 806. The van der Waals surface area contributed by atoms with Crippen LogP contribution in [0.5, 0.6) is 0 Å². The van der Waals surface area contributed by atoms with E-state index >= 15 is 0 Å². The Morgan fingerprint density at radius 3 is 1.93 bits per heavy atom. The number of alkyl carbamates (subject to hydrolysis) is 1. The van der Waals surface area contributed by atoms with Crippen LogP contribution in [0.25, 0.3) is 0 Å². The molecule has 1 atom stereocenters. The van der Waals surface area contributed by atoms with Gasteiger partial charge in [0, 0.05) is 5.92 Å². The molecule has 0 heterocycles. The number of ether oxygens (including phenoxy) is 1. The zero-order valence-electron chi connectivity index (χ0n) is 15.9. The average Bonchev–Trinajstić information content (AvgIpc) is 2.75. The number of hydrogen-bond donors (Lipinski definition) is 2. The molecule has 142 valence electrons. The summed E-state index contributed by atoms with van der Waals surface area (Å²) in [6.07, 6.45) is 0.944. The van der Waals surface area contributed by atoms with Crippen molar-refractivity contribution in [1.82, 2.24) is 5.32 Å². The minimum absolute atomic E-state index is 0.482. The van der Waals surface area contributed by atoms with E-state index in [1.165, 1.54) is 0 Å². The number of aliphatic carboxylic acids is 1. The lowest BCUT2D eigenvalue weighted by Gasteiger charge is -2.28. The first kappa shape index (κ1) is 19.0. The van der Waals surface area contributed by atoms with Gasteiger partial charge in [0.25, 0.3) is 0 Å². The Kier molecular flexibility index (Phi) is 5.22. The fourth-order valence-electron chi connectivity index (χ4n) is 3.65. The number of fused-ring (bicyclic) bond motifs is 2. The van der Waals surface area contributed by atoms with Gasteiger partial charge in [0.15, 0.2) is 0 Å². The topological polar surface area (TPSA) is 75.6 Å². The van der Waals surface area contributed by atoms with Crippen molar-refractivity contribution >= 4 is 12.1 Å². The number of benzene rings is 2. The Balaban J connectivity index is 2.06. The van der Waals surface area contributed by atoms with Gasteiger partial charge in [0.2, 0.25) is 0 Å². The van der Waals surface area contributed by atoms with Crippen molar-refractivity contribution in [3.63, 3.8) is 0 Å². The van der Waals surface area contributed by atoms with Gasteiger partial charge in [-0.05, 0) is 55.9 Å². The first-order valence-electron chi connectivity index (χ1n) is 9.14. The third kappa shape index (κ3) is 4.30. The molecule has 1 amide bonds. The molecular weight excluding hydrogens is 342 g/mol. The lowest BCUT2D eigenvalue weighted by atomic mass is 9.82. The highest BCUT2D eigenvalue weighted by molar-refractivity contribution is 5.82. The predicted molar refractivity (Wildman–Crippen MR) is 103 cm³/mol. The van der Waals surface area contributed by atoms with Crippen LogP contribution in [0.1, 0.15) is 48.9 Å². The minimum Gasteiger partial charge on any atom is -0.480 e. The number of rotatable bonds is 3. The van der Waals surface area contributed by atoms with Gasteiger partial charge in [-0.1, -0.05) is 48.5 Å². The lowest BCUT2D eigenvalue weighted by molar-refractivity contribution is -0.139. The van der Waals surface area contributed by atoms with Gasteiger partial charge in [0.05, 0.1) is 0 Å². The average molecular weight is 367 g/mol. The van der Waals surface area contributed by atoms with Crippen molar-refractivity contribution in [1.29, 1.82) is 0 Å². The summed E-state index contributed by atoms with van der Waals surface area (Å²) in [6, 6.07) is 14.6. The van der Waals surface area contributed by atoms with Crippen LogP contribution in [0.2, 0.25) is 0 Å². The highest BCUT2D eigenvalue weighted by Crippen LogP contribution is 2.36. The van der Waals surface area contributed by atoms with E-state index in [9.17, 15) is 14.7 Å². The summed E-state index contributed by atoms with van der Waals surface area (Å²) in [4.78, 5) is 24.5. The molecule has 2 N–H and O–H groups in total. The van der Waals surface area contributed by atoms with Crippen molar-refractivity contribution in [2.24, 2.45) is 0 Å². The SMILES string of the molecule is CC(C)(C)OC(=O)NC(C(=O)O)C1c2ccccc2CCc2ccccc21. The maximum absolute atomic E-state index is 12.3. The van der Waals surface area contributed by atoms with Crippen molar-refractivity contribution in [2.45, 2.75) is 51.2 Å². The molecule has 2 aromatic carbocycles. The molecule has 0 bridgehead atoms. The second-order valence-electron chi connectivity index (χ2n) is 7.84. The van der Waals surface area contributed by atoms with Crippen LogP contribution in [-0.4, -0.2) is 28.8 Å². The van der Waals surface area contributed by atoms with Crippen LogP contribution >= 0.6 is 0 Å². The molecule has 5 nitrogen and oxygen atoms in total. The highest BCUT2D eigenvalue weighted by atomic mass is 16.6. The van der Waals surface area contributed by atoms with Crippen LogP contribution in [0.3, 0.4) is 0 Å². The third-order valence-electron chi connectivity index (χ3n) is 4.72. The molecule has 3 rings (SSSR count). The molecule has 0 spiro atoms. The molecule has 5 heteroatoms. The molecule has 0 aliphatic heterocycles. The van der Waals surface area contributed by atoms with E-state index in [-0.39, 0.29) is 0 Å². The molecule has 0 aromatic heterocycles. The molecule has 1 aliphatic carbocycles. The second-order valence-corrected chi connectivity index (χ2v) is 7.84. The van der Waals surface area contributed by atoms with Gasteiger partial charge in [-0.3, -0.25) is 0 Å². The van der Waals surface area contributed by atoms with Crippen LogP contribution in [0, 0.1) is 0 Å². The van der Waals surface area contributed by atoms with Gasteiger partial charge in [-0.2, -0.15) is 0 Å². The predicted octanol–water partition coefficient (Wildman–Crippen LogP) is 3.90. The molecule has 0 radical (unpaired) electrons. The largest absolute Gasteiger partial charge is 0.480 e. The number of carboxylic acid groups (broad SMARTS) is 1. The minimum atomic E-state index is -1.12. The van der Waals surface area contributed by atoms with Gasteiger partial charge < -0.3 is 15.2 Å². The van der Waals surface area contributed by atoms with Gasteiger partial charge in [-0.15, -0.1) is 0 Å². The molecule has 0 fully saturated rings. The maximum atomic E-state index is 12.3. The molecule has 0 saturated carbocycles. The first-order chi connectivity index (χ1) is 12.8. The zero-order valence-corrected chi connectivity index (χ0v) is 15.9. The Labute approximate surface area is 159 Å². The Morgan fingerprint density at radius 1 is 1.00 bits per heavy atom. The van der Waals surface area contributed by atoms with E-state index in [2.05, 4.69) is 5.32 Å². The molecule has 1 aliphatic rings. The Morgan fingerprint density at radius 2 is 1.48 bits per heavy atom. The van der Waals surface area contributed by atoms with E-state index in [4.69, 9.17) is 4.74 Å². The molecule has 1 unspecified atom stereocenters. The molecule has 27 heavy (non-hydrogen) atoms. The second kappa shape index (κ2) is 7.43. The Hall–Kier alpha value is -2.82. The standard InChI is InChI=1S/C22H25NO4/c1-22(2,3)27-21(26)23-19(20(24)25)18-16-10-6-4-8-14(16)12-13-15-9-5-7-11-17(15)18/h4-11,18-19H,12-13H2,1-3H3,(H,23,26)(H,24,25). The van der Waals surface area contributed by atoms with Crippen LogP contribution in [0.15, 0.2) is 48.5 Å². The van der Waals surface area contributed by atoms with E-state index in [0.717, 1.165) is 35.1 Å². The monoisotopic (exact) mass is 367 g/mol. The third-order valence-corrected chi connectivity index (χ3v) is 4.72. The first-order valence-corrected chi connectivity index (χ1v) is 9.14. The van der Waals surface area contributed by atoms with E-state index in [1.54, 1.807) is 20.8 Å². The summed E-state index contributed by atoms with van der Waals surface area (Å²) in [5.74, 6) is -1.57. The number of carbonyl (C=O) groups excluding carboxylic acids is 1. The maximum Gasteiger partial charge on any atom is 0.408 e. The summed E-state index contributed by atoms with van der Waals surface area (Å²) in [5, 5.41) is 12.5. The number of amides is 1. The fourth-order valence-corrected chi connectivity index (χ4v) is 3.65. The normalized spacial score (nSPS) is 15.1. The van der Waals surface area contributed by atoms with Crippen LogP contribution in [0.4, 0.5) is 4.79 Å². The molecular formula is C22H25NO4. The molecule has 2 aromatic rings. The summed E-state index contributed by atoms with van der Waals surface area (Å²) in [5.41, 5.74) is 3.38. The number of carboxylic acids is 1. The fraction of sp³-hybridized carbons (Fsp3) is 0.364. The summed E-state index contributed by atoms with van der Waals surface area (Å²) < 4.78 is 5.30. The summed E-state index contributed by atoms with van der Waals surface area (Å²) in [7, 11) is 0. The quantitative estimate of drug-likeness (QED) is 0.863. The van der Waals surface area contributed by atoms with E-state index < -0.39 is 29.6 Å². The summed E-state index contributed by atoms with van der Waals surface area (Å²) in [6.45, 7) is 5.25. The number of hydrogen-bond acceptors (Lipinski definition) is 3. The van der Waals surface area contributed by atoms with Crippen molar-refractivity contribution in [3.8, 4) is 0 Å². The van der Waals surface area contributed by atoms with E-state index in [0.29, 0.717) is 0 Å². The van der Waals surface area contributed by atoms with Gasteiger partial charge in [0.1, 0.15) is 11.6 Å². The summed E-state index contributed by atoms with van der Waals surface area (Å²) >= 11 is 0. The zero-order chi connectivity index (χ0) is 19.6.